The van der Waals surface area contributed by atoms with Gasteiger partial charge in [-0.2, -0.15) is 0 Å². The van der Waals surface area contributed by atoms with Crippen LogP contribution < -0.4 is 15.4 Å². The van der Waals surface area contributed by atoms with Crippen molar-refractivity contribution in [3.05, 3.63) is 47.7 Å². The molecule has 0 radical (unpaired) electrons. The third kappa shape index (κ3) is 3.99. The molecule has 0 saturated heterocycles. The van der Waals surface area contributed by atoms with Crippen LogP contribution in [0.3, 0.4) is 0 Å². The van der Waals surface area contributed by atoms with Gasteiger partial charge in [0.25, 0.3) is 0 Å². The van der Waals surface area contributed by atoms with E-state index >= 15 is 0 Å². The second kappa shape index (κ2) is 8.02. The number of hydrogen-bond acceptors (Lipinski definition) is 6. The maximum Gasteiger partial charge on any atom is 0.320 e. The van der Waals surface area contributed by atoms with Gasteiger partial charge in [0, 0.05) is 6.07 Å². The van der Waals surface area contributed by atoms with Gasteiger partial charge in [0.05, 0.1) is 42.5 Å². The van der Waals surface area contributed by atoms with E-state index in [4.69, 9.17) is 4.74 Å². The standard InChI is InChI=1S/C18H21N5O4/c1-10(25)16(11-6-4-3-5-7-11)21-18(26)20-14-8-12-15(13(9-24)19-14)17(27-2)23-22-12/h3-8,10,16,24-25H,9H2,1-2H3,(H,22,23)(H2,19,20,21,26). The summed E-state index contributed by atoms with van der Waals surface area (Å²) >= 11 is 0. The zero-order valence-corrected chi connectivity index (χ0v) is 14.9. The van der Waals surface area contributed by atoms with Crippen molar-refractivity contribution in [2.75, 3.05) is 12.4 Å². The number of ether oxygens (including phenoxy) is 1. The molecule has 2 atom stereocenters. The van der Waals surface area contributed by atoms with Crippen LogP contribution in [0.1, 0.15) is 24.2 Å². The molecule has 3 aromatic rings. The van der Waals surface area contributed by atoms with Crippen molar-refractivity contribution in [3.8, 4) is 5.88 Å². The van der Waals surface area contributed by atoms with Gasteiger partial charge < -0.3 is 20.3 Å². The summed E-state index contributed by atoms with van der Waals surface area (Å²) in [5.41, 5.74) is 1.67. The Hall–Kier alpha value is -3.17. The maximum absolute atomic E-state index is 12.4. The van der Waals surface area contributed by atoms with Crippen LogP contribution in [0.25, 0.3) is 10.9 Å². The molecular formula is C18H21N5O4. The summed E-state index contributed by atoms with van der Waals surface area (Å²) in [6, 6.07) is 9.63. The number of anilines is 1. The Bertz CT molecular complexity index is 926. The van der Waals surface area contributed by atoms with Gasteiger partial charge in [0.1, 0.15) is 5.82 Å². The number of aliphatic hydroxyl groups excluding tert-OH is 2. The molecule has 9 heteroatoms. The molecular weight excluding hydrogens is 350 g/mol. The normalized spacial score (nSPS) is 13.2. The van der Waals surface area contributed by atoms with Crippen molar-refractivity contribution < 1.29 is 19.7 Å². The molecule has 0 aliphatic heterocycles. The minimum atomic E-state index is -0.793. The first-order valence-electron chi connectivity index (χ1n) is 8.36. The van der Waals surface area contributed by atoms with Gasteiger partial charge in [0.15, 0.2) is 0 Å². The Balaban J connectivity index is 1.81. The molecule has 5 N–H and O–H groups in total. The van der Waals surface area contributed by atoms with Crippen LogP contribution in [0.2, 0.25) is 0 Å². The first-order valence-corrected chi connectivity index (χ1v) is 8.36. The number of carbonyl (C=O) groups is 1. The Labute approximate surface area is 155 Å². The number of rotatable bonds is 6. The van der Waals surface area contributed by atoms with Crippen LogP contribution in [0.15, 0.2) is 36.4 Å². The Morgan fingerprint density at radius 3 is 2.70 bits per heavy atom. The first-order chi connectivity index (χ1) is 13.0. The van der Waals surface area contributed by atoms with Crippen LogP contribution in [0.5, 0.6) is 5.88 Å². The molecule has 0 fully saturated rings. The van der Waals surface area contributed by atoms with E-state index in [1.54, 1.807) is 13.0 Å². The van der Waals surface area contributed by atoms with E-state index in [0.29, 0.717) is 22.5 Å². The van der Waals surface area contributed by atoms with Crippen molar-refractivity contribution in [2.45, 2.75) is 25.7 Å². The number of hydrogen-bond donors (Lipinski definition) is 5. The van der Waals surface area contributed by atoms with Crippen LogP contribution >= 0.6 is 0 Å². The molecule has 142 valence electrons. The fourth-order valence-electron chi connectivity index (χ4n) is 2.85. The number of carbonyl (C=O) groups excluding carboxylic acids is 1. The van der Waals surface area contributed by atoms with Crippen LogP contribution in [-0.4, -0.2) is 44.6 Å². The van der Waals surface area contributed by atoms with E-state index in [9.17, 15) is 15.0 Å². The first kappa shape index (κ1) is 18.6. The summed E-state index contributed by atoms with van der Waals surface area (Å²) in [6.45, 7) is 1.26. The number of amides is 2. The van der Waals surface area contributed by atoms with Crippen LogP contribution in [0.4, 0.5) is 10.6 Å². The number of fused-ring (bicyclic) bond motifs is 1. The summed E-state index contributed by atoms with van der Waals surface area (Å²) in [6.07, 6.45) is -0.793. The second-order valence-electron chi connectivity index (χ2n) is 6.00. The lowest BCUT2D eigenvalue weighted by molar-refractivity contribution is 0.148. The number of nitrogens with zero attached hydrogens (tertiary/aromatic N) is 2. The number of aromatic nitrogens is 3. The molecule has 0 spiro atoms. The summed E-state index contributed by atoms with van der Waals surface area (Å²) in [5.74, 6) is 0.545. The van der Waals surface area contributed by atoms with E-state index in [2.05, 4.69) is 25.8 Å². The van der Waals surface area contributed by atoms with E-state index in [-0.39, 0.29) is 12.4 Å². The molecule has 9 nitrogen and oxygen atoms in total. The number of methoxy groups -OCH3 is 1. The van der Waals surface area contributed by atoms with E-state index in [1.807, 2.05) is 30.3 Å². The third-order valence-corrected chi connectivity index (χ3v) is 4.10. The molecule has 0 aliphatic carbocycles. The summed E-state index contributed by atoms with van der Waals surface area (Å²) in [4.78, 5) is 16.7. The minimum Gasteiger partial charge on any atom is -0.479 e. The zero-order chi connectivity index (χ0) is 19.4. The van der Waals surface area contributed by atoms with Gasteiger partial charge in [-0.1, -0.05) is 30.3 Å². The zero-order valence-electron chi connectivity index (χ0n) is 14.9. The van der Waals surface area contributed by atoms with E-state index in [1.165, 1.54) is 7.11 Å². The number of pyridine rings is 1. The predicted molar refractivity (Wildman–Crippen MR) is 99.4 cm³/mol. The van der Waals surface area contributed by atoms with Crippen LogP contribution in [-0.2, 0) is 6.61 Å². The smallest absolute Gasteiger partial charge is 0.320 e. The topological polar surface area (TPSA) is 132 Å². The average molecular weight is 371 g/mol. The number of nitrogens with one attached hydrogen (secondary N) is 3. The van der Waals surface area contributed by atoms with Gasteiger partial charge in [-0.3, -0.25) is 10.4 Å². The number of aliphatic hydroxyl groups is 2. The quantitative estimate of drug-likeness (QED) is 0.448. The van der Waals surface area contributed by atoms with Gasteiger partial charge in [-0.15, -0.1) is 5.10 Å². The molecule has 3 rings (SSSR count). The molecule has 1 aromatic carbocycles. The van der Waals surface area contributed by atoms with Crippen molar-refractivity contribution in [2.24, 2.45) is 0 Å². The molecule has 0 saturated carbocycles. The number of aromatic amines is 1. The Morgan fingerprint density at radius 1 is 1.33 bits per heavy atom. The maximum atomic E-state index is 12.4. The highest BCUT2D eigenvalue weighted by molar-refractivity contribution is 5.93. The third-order valence-electron chi connectivity index (χ3n) is 4.10. The minimum absolute atomic E-state index is 0.229. The van der Waals surface area contributed by atoms with Gasteiger partial charge in [-0.25, -0.2) is 9.78 Å². The van der Waals surface area contributed by atoms with E-state index < -0.39 is 18.2 Å². The highest BCUT2D eigenvalue weighted by Crippen LogP contribution is 2.27. The van der Waals surface area contributed by atoms with Crippen molar-refractivity contribution in [3.63, 3.8) is 0 Å². The number of H-pyrrole nitrogens is 1. The molecule has 2 amide bonds. The lowest BCUT2D eigenvalue weighted by Gasteiger charge is -2.22. The van der Waals surface area contributed by atoms with Gasteiger partial charge in [0.2, 0.25) is 5.88 Å². The monoisotopic (exact) mass is 371 g/mol. The van der Waals surface area contributed by atoms with Crippen molar-refractivity contribution >= 4 is 22.8 Å². The summed E-state index contributed by atoms with van der Waals surface area (Å²) < 4.78 is 5.14. The van der Waals surface area contributed by atoms with Crippen molar-refractivity contribution in [1.29, 1.82) is 0 Å². The van der Waals surface area contributed by atoms with E-state index in [0.717, 1.165) is 5.56 Å². The fourth-order valence-corrected chi connectivity index (χ4v) is 2.85. The molecule has 27 heavy (non-hydrogen) atoms. The van der Waals surface area contributed by atoms with Gasteiger partial charge in [-0.05, 0) is 12.5 Å². The predicted octanol–water partition coefficient (Wildman–Crippen LogP) is 1.70. The lowest BCUT2D eigenvalue weighted by atomic mass is 10.0. The number of benzene rings is 1. The summed E-state index contributed by atoms with van der Waals surface area (Å²) in [7, 11) is 1.47. The average Bonchev–Trinajstić information content (AvgIpc) is 3.09. The Morgan fingerprint density at radius 2 is 2.07 bits per heavy atom. The lowest BCUT2D eigenvalue weighted by Crippen LogP contribution is -2.38. The molecule has 2 heterocycles. The second-order valence-corrected chi connectivity index (χ2v) is 6.00. The van der Waals surface area contributed by atoms with Crippen molar-refractivity contribution in [1.82, 2.24) is 20.5 Å². The Kier molecular flexibility index (Phi) is 5.53. The summed E-state index contributed by atoms with van der Waals surface area (Å²) in [5, 5.41) is 32.3. The van der Waals surface area contributed by atoms with Gasteiger partial charge >= 0.3 is 6.03 Å². The largest absolute Gasteiger partial charge is 0.479 e. The van der Waals surface area contributed by atoms with Crippen LogP contribution in [0, 0.1) is 0 Å². The molecule has 2 aromatic heterocycles. The molecule has 0 aliphatic rings. The highest BCUT2D eigenvalue weighted by Gasteiger charge is 2.20. The fraction of sp³-hybridized carbons (Fsp3) is 0.278. The highest BCUT2D eigenvalue weighted by atomic mass is 16.5. The molecule has 2 unspecified atom stereocenters. The molecule has 0 bridgehead atoms. The number of urea groups is 1. The SMILES string of the molecule is COc1n[nH]c2cc(NC(=O)NC(c3ccccc3)C(C)O)nc(CO)c12.